The number of hydrogen-bond donors (Lipinski definition) is 0. The number of esters is 1. The summed E-state index contributed by atoms with van der Waals surface area (Å²) in [5.74, 6) is 0.441. The van der Waals surface area contributed by atoms with Crippen molar-refractivity contribution in [2.75, 3.05) is 0 Å². The van der Waals surface area contributed by atoms with E-state index in [1.807, 2.05) is 12.1 Å². The Labute approximate surface area is 88.0 Å². The number of rotatable bonds is 1. The first-order valence-corrected chi connectivity index (χ1v) is 5.18. The van der Waals surface area contributed by atoms with Gasteiger partial charge in [0, 0.05) is 25.3 Å². The van der Waals surface area contributed by atoms with Gasteiger partial charge in [-0.05, 0) is 11.6 Å². The number of carbonyl (C=O) groups excluding carboxylic acids is 1. The Hall–Kier alpha value is -1.35. The van der Waals surface area contributed by atoms with Crippen LogP contribution in [-0.4, -0.2) is 18.2 Å². The van der Waals surface area contributed by atoms with Gasteiger partial charge in [-0.15, -0.1) is 0 Å². The molecule has 0 amide bonds. The minimum Gasteiger partial charge on any atom is -0.426 e. The second-order valence-electron chi connectivity index (χ2n) is 4.11. The number of carbonyl (C=O) groups is 1. The molecule has 2 aliphatic rings. The molecule has 0 spiro atoms. The second-order valence-corrected chi connectivity index (χ2v) is 4.11. The van der Waals surface area contributed by atoms with Crippen LogP contribution in [0.15, 0.2) is 18.2 Å². The van der Waals surface area contributed by atoms with Crippen LogP contribution in [0.2, 0.25) is 0 Å². The zero-order chi connectivity index (χ0) is 10.4. The second kappa shape index (κ2) is 3.07. The molecule has 0 radical (unpaired) electrons. The third kappa shape index (κ3) is 1.53. The van der Waals surface area contributed by atoms with Crippen molar-refractivity contribution in [2.24, 2.45) is 0 Å². The molecule has 3 rings (SSSR count). The molecule has 3 heteroatoms. The van der Waals surface area contributed by atoms with Gasteiger partial charge in [0.05, 0.1) is 12.2 Å². The molecule has 1 saturated heterocycles. The molecule has 0 N–H and O–H groups in total. The van der Waals surface area contributed by atoms with Gasteiger partial charge in [-0.25, -0.2) is 0 Å². The number of benzene rings is 1. The maximum atomic E-state index is 10.9. The maximum Gasteiger partial charge on any atom is 0.308 e. The Bertz CT molecular complexity index is 425. The summed E-state index contributed by atoms with van der Waals surface area (Å²) >= 11 is 0. The lowest BCUT2D eigenvalue weighted by Crippen LogP contribution is -2.14. The van der Waals surface area contributed by atoms with E-state index in [1.54, 1.807) is 0 Å². The fourth-order valence-electron chi connectivity index (χ4n) is 2.24. The first-order chi connectivity index (χ1) is 7.24. The molecule has 1 aromatic rings. The standard InChI is InChI=1S/C12H12O3/c1-7(13)14-10-4-2-3-8-5-11-12(15-11)6-9(8)10/h2-4,11-12H,5-6H2,1H3. The summed E-state index contributed by atoms with van der Waals surface area (Å²) in [6.45, 7) is 1.43. The van der Waals surface area contributed by atoms with Crippen molar-refractivity contribution in [1.29, 1.82) is 0 Å². The van der Waals surface area contributed by atoms with Crippen molar-refractivity contribution in [1.82, 2.24) is 0 Å². The van der Waals surface area contributed by atoms with Crippen LogP contribution in [0.5, 0.6) is 5.75 Å². The highest BCUT2D eigenvalue weighted by molar-refractivity contribution is 5.70. The smallest absolute Gasteiger partial charge is 0.308 e. The van der Waals surface area contributed by atoms with Gasteiger partial charge in [0.25, 0.3) is 0 Å². The van der Waals surface area contributed by atoms with Crippen molar-refractivity contribution < 1.29 is 14.3 Å². The molecule has 15 heavy (non-hydrogen) atoms. The van der Waals surface area contributed by atoms with Gasteiger partial charge in [-0.3, -0.25) is 4.79 Å². The van der Waals surface area contributed by atoms with Gasteiger partial charge < -0.3 is 9.47 Å². The lowest BCUT2D eigenvalue weighted by atomic mass is 9.91. The quantitative estimate of drug-likeness (QED) is 0.395. The average molecular weight is 204 g/mol. The molecule has 1 heterocycles. The summed E-state index contributed by atoms with van der Waals surface area (Å²) in [6, 6.07) is 5.86. The monoisotopic (exact) mass is 204 g/mol. The predicted molar refractivity (Wildman–Crippen MR) is 53.8 cm³/mol. The van der Waals surface area contributed by atoms with Gasteiger partial charge in [-0.2, -0.15) is 0 Å². The normalized spacial score (nSPS) is 26.5. The van der Waals surface area contributed by atoms with E-state index in [4.69, 9.17) is 9.47 Å². The number of hydrogen-bond acceptors (Lipinski definition) is 3. The van der Waals surface area contributed by atoms with Crippen LogP contribution in [0, 0.1) is 0 Å². The van der Waals surface area contributed by atoms with Crippen molar-refractivity contribution in [3.63, 3.8) is 0 Å². The molecule has 1 aliphatic carbocycles. The zero-order valence-electron chi connectivity index (χ0n) is 8.53. The molecule has 0 bridgehead atoms. The molecule has 1 aromatic carbocycles. The molecule has 78 valence electrons. The van der Waals surface area contributed by atoms with Gasteiger partial charge in [-0.1, -0.05) is 12.1 Å². The summed E-state index contributed by atoms with van der Waals surface area (Å²) in [5.41, 5.74) is 2.40. The summed E-state index contributed by atoms with van der Waals surface area (Å²) in [6.07, 6.45) is 2.60. The third-order valence-electron chi connectivity index (χ3n) is 3.00. The van der Waals surface area contributed by atoms with E-state index in [-0.39, 0.29) is 5.97 Å². The minimum absolute atomic E-state index is 0.262. The number of epoxide rings is 1. The lowest BCUT2D eigenvalue weighted by Gasteiger charge is -2.15. The van der Waals surface area contributed by atoms with E-state index in [2.05, 4.69) is 6.07 Å². The summed E-state index contributed by atoms with van der Waals surface area (Å²) in [4.78, 5) is 10.9. The van der Waals surface area contributed by atoms with E-state index in [1.165, 1.54) is 12.5 Å². The van der Waals surface area contributed by atoms with E-state index in [9.17, 15) is 4.79 Å². The zero-order valence-corrected chi connectivity index (χ0v) is 8.53. The molecular formula is C12H12O3. The van der Waals surface area contributed by atoms with Gasteiger partial charge in [0.2, 0.25) is 0 Å². The average Bonchev–Trinajstić information content (AvgIpc) is 2.92. The number of ether oxygens (including phenoxy) is 2. The van der Waals surface area contributed by atoms with Crippen LogP contribution in [0.1, 0.15) is 18.1 Å². The van der Waals surface area contributed by atoms with Gasteiger partial charge in [0.15, 0.2) is 0 Å². The molecule has 2 unspecified atom stereocenters. The highest BCUT2D eigenvalue weighted by Gasteiger charge is 2.43. The van der Waals surface area contributed by atoms with E-state index >= 15 is 0 Å². The highest BCUT2D eigenvalue weighted by Crippen LogP contribution is 2.39. The Balaban J connectivity index is 1.98. The summed E-state index contributed by atoms with van der Waals surface area (Å²) in [7, 11) is 0. The number of fused-ring (bicyclic) bond motifs is 2. The van der Waals surface area contributed by atoms with Crippen molar-refractivity contribution in [2.45, 2.75) is 32.0 Å². The molecular weight excluding hydrogens is 192 g/mol. The fraction of sp³-hybridized carbons (Fsp3) is 0.417. The summed E-state index contributed by atoms with van der Waals surface area (Å²) < 4.78 is 10.7. The van der Waals surface area contributed by atoms with Crippen LogP contribution < -0.4 is 4.74 Å². The Morgan fingerprint density at radius 3 is 3.00 bits per heavy atom. The molecule has 3 nitrogen and oxygen atoms in total. The van der Waals surface area contributed by atoms with Crippen LogP contribution in [0.4, 0.5) is 0 Å². The molecule has 0 aromatic heterocycles. The van der Waals surface area contributed by atoms with E-state index < -0.39 is 0 Å². The van der Waals surface area contributed by atoms with Crippen molar-refractivity contribution in [3.8, 4) is 5.75 Å². The van der Waals surface area contributed by atoms with E-state index in [0.29, 0.717) is 18.0 Å². The van der Waals surface area contributed by atoms with Gasteiger partial charge >= 0.3 is 5.97 Å². The Kier molecular flexibility index (Phi) is 1.83. The van der Waals surface area contributed by atoms with Crippen molar-refractivity contribution in [3.05, 3.63) is 29.3 Å². The minimum atomic E-state index is -0.262. The fourth-order valence-corrected chi connectivity index (χ4v) is 2.24. The molecule has 1 aliphatic heterocycles. The largest absolute Gasteiger partial charge is 0.426 e. The topological polar surface area (TPSA) is 38.8 Å². The highest BCUT2D eigenvalue weighted by atomic mass is 16.6. The molecule has 1 fully saturated rings. The SMILES string of the molecule is CC(=O)Oc1cccc2c1CC1OC1C2. The molecule has 2 atom stereocenters. The Morgan fingerprint density at radius 1 is 1.40 bits per heavy atom. The van der Waals surface area contributed by atoms with Crippen LogP contribution in [-0.2, 0) is 22.4 Å². The van der Waals surface area contributed by atoms with E-state index in [0.717, 1.165) is 18.4 Å². The first kappa shape index (κ1) is 8.92. The predicted octanol–water partition coefficient (Wildman–Crippen LogP) is 1.48. The van der Waals surface area contributed by atoms with Crippen LogP contribution >= 0.6 is 0 Å². The van der Waals surface area contributed by atoms with Crippen LogP contribution in [0.3, 0.4) is 0 Å². The summed E-state index contributed by atoms with van der Waals surface area (Å²) in [5, 5.41) is 0. The third-order valence-corrected chi connectivity index (χ3v) is 3.00. The molecule has 0 saturated carbocycles. The maximum absolute atomic E-state index is 10.9. The first-order valence-electron chi connectivity index (χ1n) is 5.18. The lowest BCUT2D eigenvalue weighted by molar-refractivity contribution is -0.131. The van der Waals surface area contributed by atoms with Crippen LogP contribution in [0.25, 0.3) is 0 Å². The van der Waals surface area contributed by atoms with Gasteiger partial charge in [0.1, 0.15) is 5.75 Å². The van der Waals surface area contributed by atoms with Crippen molar-refractivity contribution >= 4 is 5.97 Å². The Morgan fingerprint density at radius 2 is 2.20 bits per heavy atom.